The predicted molar refractivity (Wildman–Crippen MR) is 70.4 cm³/mol. The first kappa shape index (κ1) is 17.2. The van der Waals surface area contributed by atoms with Crippen molar-refractivity contribution in [1.29, 1.82) is 0 Å². The van der Waals surface area contributed by atoms with Gasteiger partial charge in [0.25, 0.3) is 0 Å². The van der Waals surface area contributed by atoms with Crippen LogP contribution in [0.3, 0.4) is 0 Å². The van der Waals surface area contributed by atoms with Crippen LogP contribution in [0.1, 0.15) is 41.0 Å². The Balaban J connectivity index is 4.68. The van der Waals surface area contributed by atoms with E-state index in [2.05, 4.69) is 10.6 Å². The van der Waals surface area contributed by atoms with Crippen LogP contribution < -0.4 is 16.4 Å². The fourth-order valence-electron chi connectivity index (χ4n) is 1.60. The van der Waals surface area contributed by atoms with Crippen molar-refractivity contribution in [2.45, 2.75) is 52.6 Å². The number of nitrogens with one attached hydrogen (secondary N) is 2. The minimum atomic E-state index is -1.12. The van der Waals surface area contributed by atoms with Gasteiger partial charge in [-0.3, -0.25) is 4.79 Å². The van der Waals surface area contributed by atoms with Gasteiger partial charge in [0, 0.05) is 12.0 Å². The first-order chi connectivity index (χ1) is 8.35. The number of aliphatic carboxylic acids is 1. The van der Waals surface area contributed by atoms with E-state index in [1.165, 1.54) is 0 Å². The molecule has 0 saturated heterocycles. The van der Waals surface area contributed by atoms with Gasteiger partial charge in [-0.05, 0) is 19.3 Å². The number of hydrogen-bond donors (Lipinski definition) is 4. The van der Waals surface area contributed by atoms with Crippen molar-refractivity contribution in [2.24, 2.45) is 11.1 Å². The highest BCUT2D eigenvalue weighted by Gasteiger charge is 2.33. The van der Waals surface area contributed by atoms with Crippen LogP contribution in [-0.2, 0) is 9.59 Å². The molecule has 0 aliphatic carbocycles. The van der Waals surface area contributed by atoms with Gasteiger partial charge in [-0.1, -0.05) is 20.8 Å². The smallest absolute Gasteiger partial charge is 0.326 e. The summed E-state index contributed by atoms with van der Waals surface area (Å²) in [6.45, 7) is 8.39. The molecule has 0 bridgehead atoms. The predicted octanol–water partition coefficient (Wildman–Crippen LogP) is 0.439. The molecular weight excluding hydrogens is 250 g/mol. The molecule has 0 aromatic heterocycles. The summed E-state index contributed by atoms with van der Waals surface area (Å²) >= 11 is 0. The largest absolute Gasteiger partial charge is 0.480 e. The van der Waals surface area contributed by atoms with Crippen molar-refractivity contribution in [1.82, 2.24) is 10.6 Å². The summed E-state index contributed by atoms with van der Waals surface area (Å²) in [6.07, 6.45) is -0.0341. The molecule has 0 aromatic rings. The quantitative estimate of drug-likeness (QED) is 0.580. The highest BCUT2D eigenvalue weighted by molar-refractivity contribution is 5.84. The second kappa shape index (κ2) is 5.90. The van der Waals surface area contributed by atoms with Gasteiger partial charge < -0.3 is 21.5 Å². The fraction of sp³-hybridized carbons (Fsp3) is 0.750. The minimum absolute atomic E-state index is 0.0341. The number of carboxylic acids is 1. The Bertz CT molecular complexity index is 372. The summed E-state index contributed by atoms with van der Waals surface area (Å²) in [7, 11) is 0. The molecule has 0 radical (unpaired) electrons. The lowest BCUT2D eigenvalue weighted by Gasteiger charge is -2.30. The van der Waals surface area contributed by atoms with Crippen LogP contribution in [-0.4, -0.2) is 34.6 Å². The van der Waals surface area contributed by atoms with E-state index in [-0.39, 0.29) is 6.42 Å². The molecule has 0 unspecified atom stereocenters. The van der Waals surface area contributed by atoms with Crippen LogP contribution in [0, 0.1) is 5.41 Å². The summed E-state index contributed by atoms with van der Waals surface area (Å²) in [4.78, 5) is 33.7. The molecule has 3 amide bonds. The van der Waals surface area contributed by atoms with Crippen molar-refractivity contribution in [3.8, 4) is 0 Å². The molecule has 19 heavy (non-hydrogen) atoms. The van der Waals surface area contributed by atoms with Gasteiger partial charge >= 0.3 is 12.0 Å². The number of primary amides is 1. The minimum Gasteiger partial charge on any atom is -0.480 e. The monoisotopic (exact) mass is 273 g/mol. The molecule has 0 aliphatic heterocycles. The molecule has 0 fully saturated rings. The van der Waals surface area contributed by atoms with Crippen LogP contribution in [0.2, 0.25) is 0 Å². The third kappa shape index (κ3) is 6.64. The Morgan fingerprint density at radius 1 is 1.16 bits per heavy atom. The molecule has 0 aromatic carbocycles. The standard InChI is InChI=1S/C12H23N3O4/c1-11(2,3)8(9(17)18)14-10(19)15-12(4,5)6-7(13)16/h8H,6H2,1-5H3,(H2,13,16)(H,17,18)(H2,14,15,19)/t8-/m1/s1. The molecule has 1 atom stereocenters. The lowest BCUT2D eigenvalue weighted by atomic mass is 9.87. The van der Waals surface area contributed by atoms with Gasteiger partial charge in [0.05, 0.1) is 0 Å². The topological polar surface area (TPSA) is 122 Å². The zero-order valence-electron chi connectivity index (χ0n) is 12.0. The third-order valence-electron chi connectivity index (χ3n) is 2.46. The lowest BCUT2D eigenvalue weighted by Crippen LogP contribution is -2.56. The van der Waals surface area contributed by atoms with E-state index in [0.717, 1.165) is 0 Å². The van der Waals surface area contributed by atoms with E-state index >= 15 is 0 Å². The maximum atomic E-state index is 11.8. The molecule has 0 heterocycles. The highest BCUT2D eigenvalue weighted by Crippen LogP contribution is 2.19. The third-order valence-corrected chi connectivity index (χ3v) is 2.46. The van der Waals surface area contributed by atoms with Gasteiger partial charge in [0.1, 0.15) is 6.04 Å². The van der Waals surface area contributed by atoms with Crippen LogP contribution in [0.5, 0.6) is 0 Å². The molecule has 0 spiro atoms. The van der Waals surface area contributed by atoms with E-state index in [1.54, 1.807) is 34.6 Å². The van der Waals surface area contributed by atoms with Crippen molar-refractivity contribution in [3.63, 3.8) is 0 Å². The molecular formula is C12H23N3O4. The Morgan fingerprint density at radius 2 is 1.63 bits per heavy atom. The number of carbonyl (C=O) groups excluding carboxylic acids is 2. The summed E-state index contributed by atoms with van der Waals surface area (Å²) in [5.41, 5.74) is 3.60. The second-order valence-electron chi connectivity index (χ2n) is 6.26. The first-order valence-electron chi connectivity index (χ1n) is 5.95. The Morgan fingerprint density at radius 3 is 1.95 bits per heavy atom. The average Bonchev–Trinajstić information content (AvgIpc) is 2.08. The molecule has 7 heteroatoms. The number of urea groups is 1. The van der Waals surface area contributed by atoms with E-state index in [9.17, 15) is 14.4 Å². The average molecular weight is 273 g/mol. The maximum Gasteiger partial charge on any atom is 0.326 e. The molecule has 0 rings (SSSR count). The SMILES string of the molecule is CC(C)(CC(N)=O)NC(=O)N[C@H](C(=O)O)C(C)(C)C. The van der Waals surface area contributed by atoms with Gasteiger partial charge in [-0.25, -0.2) is 9.59 Å². The first-order valence-corrected chi connectivity index (χ1v) is 5.95. The highest BCUT2D eigenvalue weighted by atomic mass is 16.4. The number of carbonyl (C=O) groups is 3. The van der Waals surface area contributed by atoms with Crippen LogP contribution in [0.4, 0.5) is 4.79 Å². The zero-order valence-corrected chi connectivity index (χ0v) is 12.0. The second-order valence-corrected chi connectivity index (χ2v) is 6.26. The van der Waals surface area contributed by atoms with Crippen molar-refractivity contribution in [2.75, 3.05) is 0 Å². The Hall–Kier alpha value is -1.79. The molecule has 110 valence electrons. The summed E-state index contributed by atoms with van der Waals surface area (Å²) in [5.74, 6) is -1.66. The number of carboxylic acid groups (broad SMARTS) is 1. The Kier molecular flexibility index (Phi) is 5.34. The lowest BCUT2D eigenvalue weighted by molar-refractivity contribution is -0.142. The fourth-order valence-corrected chi connectivity index (χ4v) is 1.60. The van der Waals surface area contributed by atoms with Gasteiger partial charge in [0.2, 0.25) is 5.91 Å². The van der Waals surface area contributed by atoms with E-state index in [0.29, 0.717) is 0 Å². The van der Waals surface area contributed by atoms with Crippen molar-refractivity contribution in [3.05, 3.63) is 0 Å². The maximum absolute atomic E-state index is 11.8. The Labute approximate surface area is 112 Å². The summed E-state index contributed by atoms with van der Waals surface area (Å²) in [6, 6.07) is -1.68. The van der Waals surface area contributed by atoms with Gasteiger partial charge in [0.15, 0.2) is 0 Å². The molecule has 0 saturated carbocycles. The summed E-state index contributed by atoms with van der Waals surface area (Å²) in [5, 5.41) is 14.0. The van der Waals surface area contributed by atoms with Crippen molar-refractivity contribution >= 4 is 17.9 Å². The number of amides is 3. The van der Waals surface area contributed by atoms with Crippen LogP contribution in [0.15, 0.2) is 0 Å². The molecule has 5 N–H and O–H groups in total. The number of rotatable bonds is 5. The van der Waals surface area contributed by atoms with Crippen molar-refractivity contribution < 1.29 is 19.5 Å². The normalized spacial score (nSPS) is 13.5. The number of hydrogen-bond acceptors (Lipinski definition) is 3. The van der Waals surface area contributed by atoms with E-state index in [4.69, 9.17) is 10.8 Å². The molecule has 7 nitrogen and oxygen atoms in total. The van der Waals surface area contributed by atoms with Crippen LogP contribution in [0.25, 0.3) is 0 Å². The van der Waals surface area contributed by atoms with Crippen LogP contribution >= 0.6 is 0 Å². The number of nitrogens with two attached hydrogens (primary N) is 1. The summed E-state index contributed by atoms with van der Waals surface area (Å²) < 4.78 is 0. The van der Waals surface area contributed by atoms with E-state index in [1.807, 2.05) is 0 Å². The van der Waals surface area contributed by atoms with Gasteiger partial charge in [-0.2, -0.15) is 0 Å². The van der Waals surface area contributed by atoms with E-state index < -0.39 is 34.9 Å². The van der Waals surface area contributed by atoms with Gasteiger partial charge in [-0.15, -0.1) is 0 Å². The molecule has 0 aliphatic rings. The zero-order chi connectivity index (χ0) is 15.4.